The Morgan fingerprint density at radius 1 is 1.19 bits per heavy atom. The first-order chi connectivity index (χ1) is 12.6. The molecule has 1 heterocycles. The second-order valence-electron chi connectivity index (χ2n) is 6.08. The van der Waals surface area contributed by atoms with Gasteiger partial charge in [0.15, 0.2) is 0 Å². The topological polar surface area (TPSA) is 81.9 Å². The molecule has 2 aromatic rings. The Bertz CT molecular complexity index is 815. The molecule has 1 aliphatic heterocycles. The van der Waals surface area contributed by atoms with Gasteiger partial charge in [-0.2, -0.15) is 0 Å². The summed E-state index contributed by atoms with van der Waals surface area (Å²) in [6.07, 6.45) is 2.07. The maximum Gasteiger partial charge on any atom is 0.340 e. The summed E-state index contributed by atoms with van der Waals surface area (Å²) in [4.78, 5) is 25.3. The third kappa shape index (κ3) is 3.93. The molecule has 1 aliphatic rings. The second-order valence-corrected chi connectivity index (χ2v) is 6.08. The number of benzene rings is 2. The van der Waals surface area contributed by atoms with E-state index in [0.29, 0.717) is 11.4 Å². The fourth-order valence-corrected chi connectivity index (χ4v) is 3.02. The Morgan fingerprint density at radius 3 is 2.65 bits per heavy atom. The summed E-state index contributed by atoms with van der Waals surface area (Å²) in [5.74, 6) is 0.102. The van der Waals surface area contributed by atoms with E-state index in [0.717, 1.165) is 31.5 Å². The van der Waals surface area contributed by atoms with E-state index in [1.54, 1.807) is 25.3 Å². The molecular weight excluding hydrogens is 336 g/mol. The largest absolute Gasteiger partial charge is 0.497 e. The lowest BCUT2D eigenvalue weighted by molar-refractivity contribution is -0.384. The molecule has 7 heteroatoms. The number of hydrogen-bond donors (Lipinski definition) is 0. The number of anilines is 1. The molecule has 0 spiro atoms. The number of non-ortho nitro benzene ring substituents is 1. The Kier molecular flexibility index (Phi) is 5.36. The number of nitrogens with zero attached hydrogens (tertiary/aromatic N) is 2. The van der Waals surface area contributed by atoms with Crippen LogP contribution >= 0.6 is 0 Å². The average Bonchev–Trinajstić information content (AvgIpc) is 3.20. The van der Waals surface area contributed by atoms with Crippen molar-refractivity contribution in [3.05, 3.63) is 63.7 Å². The van der Waals surface area contributed by atoms with Crippen LogP contribution in [0.4, 0.5) is 11.4 Å². The minimum atomic E-state index is -0.571. The maximum absolute atomic E-state index is 12.6. The van der Waals surface area contributed by atoms with E-state index in [1.165, 1.54) is 12.1 Å². The van der Waals surface area contributed by atoms with Crippen LogP contribution in [-0.2, 0) is 11.3 Å². The Morgan fingerprint density at radius 2 is 1.96 bits per heavy atom. The van der Waals surface area contributed by atoms with Crippen LogP contribution in [0.3, 0.4) is 0 Å². The van der Waals surface area contributed by atoms with Crippen LogP contribution in [0.25, 0.3) is 0 Å². The molecule has 0 amide bonds. The van der Waals surface area contributed by atoms with E-state index in [9.17, 15) is 14.9 Å². The van der Waals surface area contributed by atoms with Gasteiger partial charge in [0.2, 0.25) is 0 Å². The van der Waals surface area contributed by atoms with Gasteiger partial charge in [-0.05, 0) is 36.6 Å². The maximum atomic E-state index is 12.6. The number of methoxy groups -OCH3 is 1. The highest BCUT2D eigenvalue weighted by atomic mass is 16.6. The Balaban J connectivity index is 1.81. The summed E-state index contributed by atoms with van der Waals surface area (Å²) in [6.45, 7) is 1.72. The molecule has 0 radical (unpaired) electrons. The predicted molar refractivity (Wildman–Crippen MR) is 96.7 cm³/mol. The summed E-state index contributed by atoms with van der Waals surface area (Å²) in [5.41, 5.74) is 1.57. The Labute approximate surface area is 151 Å². The third-order valence-electron chi connectivity index (χ3n) is 4.36. The fourth-order valence-electron chi connectivity index (χ4n) is 3.02. The second kappa shape index (κ2) is 7.86. The van der Waals surface area contributed by atoms with Gasteiger partial charge in [0.05, 0.1) is 23.3 Å². The van der Waals surface area contributed by atoms with Crippen LogP contribution < -0.4 is 9.64 Å². The van der Waals surface area contributed by atoms with Gasteiger partial charge < -0.3 is 14.4 Å². The van der Waals surface area contributed by atoms with E-state index in [2.05, 4.69) is 4.90 Å². The zero-order valence-corrected chi connectivity index (χ0v) is 14.5. The number of nitro groups is 1. The molecule has 7 nitrogen and oxygen atoms in total. The number of rotatable bonds is 6. The van der Waals surface area contributed by atoms with Crippen LogP contribution in [0.1, 0.15) is 28.8 Å². The van der Waals surface area contributed by atoms with Crippen LogP contribution in [0.5, 0.6) is 5.75 Å². The summed E-state index contributed by atoms with van der Waals surface area (Å²) >= 11 is 0. The Hall–Kier alpha value is -3.09. The van der Waals surface area contributed by atoms with Gasteiger partial charge in [0, 0.05) is 25.2 Å². The molecule has 136 valence electrons. The number of nitro benzene ring substituents is 1. The van der Waals surface area contributed by atoms with Crippen LogP contribution in [0.15, 0.2) is 42.5 Å². The van der Waals surface area contributed by atoms with Crippen molar-refractivity contribution in [2.24, 2.45) is 0 Å². The molecule has 0 aromatic heterocycles. The first kappa shape index (κ1) is 17.7. The molecule has 2 aromatic carbocycles. The number of carbonyl (C=O) groups is 1. The van der Waals surface area contributed by atoms with E-state index < -0.39 is 10.9 Å². The molecule has 0 saturated carbocycles. The average molecular weight is 356 g/mol. The first-order valence-corrected chi connectivity index (χ1v) is 8.42. The standard InChI is InChI=1S/C19H20N2O5/c1-25-16-6-4-5-14(11-16)13-26-19(22)17-12-15(21(23)24)7-8-18(17)20-9-2-3-10-20/h4-8,11-12H,2-3,9-10,13H2,1H3. The van der Waals surface area contributed by atoms with Crippen molar-refractivity contribution < 1.29 is 19.2 Å². The molecule has 26 heavy (non-hydrogen) atoms. The lowest BCUT2D eigenvalue weighted by Crippen LogP contribution is -2.21. The van der Waals surface area contributed by atoms with Crippen molar-refractivity contribution in [3.63, 3.8) is 0 Å². The van der Waals surface area contributed by atoms with E-state index in [4.69, 9.17) is 9.47 Å². The van der Waals surface area contributed by atoms with Crippen molar-refractivity contribution >= 4 is 17.3 Å². The van der Waals surface area contributed by atoms with E-state index in [-0.39, 0.29) is 17.9 Å². The number of ether oxygens (including phenoxy) is 2. The number of carbonyl (C=O) groups excluding carboxylic acids is 1. The van der Waals surface area contributed by atoms with Gasteiger partial charge in [0.25, 0.3) is 5.69 Å². The van der Waals surface area contributed by atoms with Gasteiger partial charge in [-0.1, -0.05) is 12.1 Å². The molecule has 0 bridgehead atoms. The van der Waals surface area contributed by atoms with E-state index in [1.807, 2.05) is 12.1 Å². The van der Waals surface area contributed by atoms with Crippen molar-refractivity contribution in [2.45, 2.75) is 19.4 Å². The normalized spacial score (nSPS) is 13.5. The molecule has 3 rings (SSSR count). The molecule has 0 atom stereocenters. The minimum absolute atomic E-state index is 0.0676. The summed E-state index contributed by atoms with van der Waals surface area (Å²) in [7, 11) is 1.57. The lowest BCUT2D eigenvalue weighted by atomic mass is 10.1. The minimum Gasteiger partial charge on any atom is -0.497 e. The molecular formula is C19H20N2O5. The molecule has 0 unspecified atom stereocenters. The molecule has 1 fully saturated rings. The predicted octanol–water partition coefficient (Wildman–Crippen LogP) is 3.56. The highest BCUT2D eigenvalue weighted by Gasteiger charge is 2.23. The van der Waals surface area contributed by atoms with Gasteiger partial charge in [0.1, 0.15) is 12.4 Å². The molecule has 0 aliphatic carbocycles. The highest BCUT2D eigenvalue weighted by molar-refractivity contribution is 5.96. The van der Waals surface area contributed by atoms with Crippen LogP contribution in [0.2, 0.25) is 0 Å². The van der Waals surface area contributed by atoms with Crippen LogP contribution in [-0.4, -0.2) is 31.1 Å². The highest BCUT2D eigenvalue weighted by Crippen LogP contribution is 2.29. The van der Waals surface area contributed by atoms with Crippen molar-refractivity contribution in [1.29, 1.82) is 0 Å². The van der Waals surface area contributed by atoms with Crippen molar-refractivity contribution in [1.82, 2.24) is 0 Å². The van der Waals surface area contributed by atoms with E-state index >= 15 is 0 Å². The smallest absolute Gasteiger partial charge is 0.340 e. The van der Waals surface area contributed by atoms with Gasteiger partial charge in [-0.15, -0.1) is 0 Å². The monoisotopic (exact) mass is 356 g/mol. The van der Waals surface area contributed by atoms with Crippen LogP contribution in [0, 0.1) is 10.1 Å². The fraction of sp³-hybridized carbons (Fsp3) is 0.316. The van der Waals surface area contributed by atoms with Gasteiger partial charge in [-0.25, -0.2) is 4.79 Å². The SMILES string of the molecule is COc1cccc(COC(=O)c2cc([N+](=O)[O-])ccc2N2CCCC2)c1. The third-order valence-corrected chi connectivity index (χ3v) is 4.36. The molecule has 0 N–H and O–H groups in total. The summed E-state index contributed by atoms with van der Waals surface area (Å²) in [5, 5.41) is 11.1. The summed E-state index contributed by atoms with van der Waals surface area (Å²) in [6, 6.07) is 11.6. The first-order valence-electron chi connectivity index (χ1n) is 8.42. The number of esters is 1. The van der Waals surface area contributed by atoms with Crippen molar-refractivity contribution in [3.8, 4) is 5.75 Å². The molecule has 1 saturated heterocycles. The van der Waals surface area contributed by atoms with Crippen molar-refractivity contribution in [2.75, 3.05) is 25.1 Å². The zero-order valence-electron chi connectivity index (χ0n) is 14.5. The number of hydrogen-bond acceptors (Lipinski definition) is 6. The zero-order chi connectivity index (χ0) is 18.5. The van der Waals surface area contributed by atoms with Gasteiger partial charge >= 0.3 is 5.97 Å². The summed E-state index contributed by atoms with van der Waals surface area (Å²) < 4.78 is 10.6. The van der Waals surface area contributed by atoms with Gasteiger partial charge in [-0.3, -0.25) is 10.1 Å². The quantitative estimate of drug-likeness (QED) is 0.447. The lowest BCUT2D eigenvalue weighted by Gasteiger charge is -2.20.